The van der Waals surface area contributed by atoms with Crippen LogP contribution in [0.3, 0.4) is 0 Å². The summed E-state index contributed by atoms with van der Waals surface area (Å²) in [6.45, 7) is 1.90. The average molecular weight is 219 g/mol. The van der Waals surface area contributed by atoms with Gasteiger partial charge in [0.05, 0.1) is 5.69 Å². The molecule has 0 unspecified atom stereocenters. The molecule has 0 aromatic carbocycles. The second-order valence-electron chi connectivity index (χ2n) is 3.36. The van der Waals surface area contributed by atoms with Gasteiger partial charge in [0.1, 0.15) is 5.82 Å². The maximum absolute atomic E-state index is 5.57. The fraction of sp³-hybridized carbons (Fsp3) is 0.200. The van der Waals surface area contributed by atoms with E-state index in [2.05, 4.69) is 15.5 Å². The van der Waals surface area contributed by atoms with Crippen molar-refractivity contribution in [2.24, 2.45) is 12.9 Å². The van der Waals surface area contributed by atoms with Gasteiger partial charge in [-0.1, -0.05) is 6.07 Å². The van der Waals surface area contributed by atoms with Crippen LogP contribution in [0, 0.1) is 6.92 Å². The van der Waals surface area contributed by atoms with Gasteiger partial charge in [0.2, 0.25) is 11.8 Å². The van der Waals surface area contributed by atoms with Crippen LogP contribution < -0.4 is 16.0 Å². The highest BCUT2D eigenvalue weighted by atomic mass is 16.5. The minimum Gasteiger partial charge on any atom is -0.421 e. The Kier molecular flexibility index (Phi) is 2.74. The van der Waals surface area contributed by atoms with E-state index in [-0.39, 0.29) is 0 Å². The van der Waals surface area contributed by atoms with E-state index in [0.29, 0.717) is 17.6 Å². The summed E-state index contributed by atoms with van der Waals surface area (Å²) in [4.78, 5) is 4.14. The van der Waals surface area contributed by atoms with E-state index in [9.17, 15) is 0 Å². The molecule has 6 nitrogen and oxygen atoms in total. The van der Waals surface area contributed by atoms with Gasteiger partial charge in [-0.05, 0) is 13.0 Å². The Morgan fingerprint density at radius 3 is 2.88 bits per heavy atom. The number of hydrazine groups is 1. The zero-order valence-electron chi connectivity index (χ0n) is 9.14. The molecule has 0 saturated carbocycles. The summed E-state index contributed by atoms with van der Waals surface area (Å²) in [5.74, 6) is 6.92. The van der Waals surface area contributed by atoms with E-state index in [1.54, 1.807) is 22.9 Å². The number of nitrogens with zero attached hydrogens (tertiary/aromatic N) is 3. The minimum absolute atomic E-state index is 0.471. The maximum Gasteiger partial charge on any atom is 0.223 e. The first-order chi connectivity index (χ1) is 7.69. The van der Waals surface area contributed by atoms with Crippen LogP contribution in [0.1, 0.15) is 5.69 Å². The first-order valence-corrected chi connectivity index (χ1v) is 4.81. The fourth-order valence-electron chi connectivity index (χ4n) is 1.34. The van der Waals surface area contributed by atoms with Crippen molar-refractivity contribution < 1.29 is 4.74 Å². The molecule has 84 valence electrons. The van der Waals surface area contributed by atoms with Crippen molar-refractivity contribution in [1.82, 2.24) is 14.8 Å². The van der Waals surface area contributed by atoms with Crippen molar-refractivity contribution in [3.8, 4) is 11.8 Å². The Balaban J connectivity index is 2.23. The zero-order chi connectivity index (χ0) is 11.5. The van der Waals surface area contributed by atoms with Crippen molar-refractivity contribution in [1.29, 1.82) is 0 Å². The molecule has 0 spiro atoms. The van der Waals surface area contributed by atoms with Crippen LogP contribution in [0.2, 0.25) is 0 Å². The number of anilines is 1. The van der Waals surface area contributed by atoms with E-state index in [1.807, 2.05) is 20.0 Å². The minimum atomic E-state index is 0.471. The first-order valence-electron chi connectivity index (χ1n) is 4.81. The summed E-state index contributed by atoms with van der Waals surface area (Å²) in [7, 11) is 1.81. The SMILES string of the molecule is Cc1cc(Oc2cccc(NN)n2)n(C)n1. The predicted molar refractivity (Wildman–Crippen MR) is 60.1 cm³/mol. The second kappa shape index (κ2) is 4.19. The Labute approximate surface area is 93.0 Å². The molecular formula is C10H13N5O. The smallest absolute Gasteiger partial charge is 0.223 e. The number of hydrogen-bond acceptors (Lipinski definition) is 5. The van der Waals surface area contributed by atoms with E-state index >= 15 is 0 Å². The molecule has 16 heavy (non-hydrogen) atoms. The summed E-state index contributed by atoms with van der Waals surface area (Å²) in [6, 6.07) is 7.15. The van der Waals surface area contributed by atoms with Gasteiger partial charge in [0.25, 0.3) is 0 Å². The highest BCUT2D eigenvalue weighted by Gasteiger charge is 2.05. The van der Waals surface area contributed by atoms with Crippen LogP contribution in [0.25, 0.3) is 0 Å². The topological polar surface area (TPSA) is 78.0 Å². The van der Waals surface area contributed by atoms with Crippen LogP contribution >= 0.6 is 0 Å². The van der Waals surface area contributed by atoms with Gasteiger partial charge in [-0.2, -0.15) is 10.1 Å². The van der Waals surface area contributed by atoms with Crippen molar-refractivity contribution in [2.75, 3.05) is 5.43 Å². The molecule has 2 rings (SSSR count). The Hall–Kier alpha value is -2.08. The fourth-order valence-corrected chi connectivity index (χ4v) is 1.34. The number of aryl methyl sites for hydroxylation is 2. The van der Waals surface area contributed by atoms with Gasteiger partial charge < -0.3 is 10.2 Å². The zero-order valence-corrected chi connectivity index (χ0v) is 9.14. The summed E-state index contributed by atoms with van der Waals surface area (Å²) >= 11 is 0. The van der Waals surface area contributed by atoms with Crippen molar-refractivity contribution in [3.05, 3.63) is 30.0 Å². The molecule has 2 aromatic heterocycles. The molecule has 2 heterocycles. The summed E-state index contributed by atoms with van der Waals surface area (Å²) in [5, 5.41) is 4.17. The third-order valence-electron chi connectivity index (χ3n) is 2.04. The number of hydrogen-bond donors (Lipinski definition) is 2. The van der Waals surface area contributed by atoms with Gasteiger partial charge in [0.15, 0.2) is 0 Å². The van der Waals surface area contributed by atoms with Crippen LogP contribution in [0.15, 0.2) is 24.3 Å². The number of ether oxygens (including phenoxy) is 1. The Bertz CT molecular complexity index is 494. The van der Waals surface area contributed by atoms with Crippen LogP contribution in [0.5, 0.6) is 11.8 Å². The van der Waals surface area contributed by atoms with Gasteiger partial charge in [-0.3, -0.25) is 0 Å². The summed E-state index contributed by atoms with van der Waals surface area (Å²) in [6.07, 6.45) is 0. The third kappa shape index (κ3) is 2.12. The first kappa shape index (κ1) is 10.4. The molecule has 2 aromatic rings. The molecule has 3 N–H and O–H groups in total. The van der Waals surface area contributed by atoms with Gasteiger partial charge in [-0.15, -0.1) is 0 Å². The lowest BCUT2D eigenvalue weighted by Gasteiger charge is -2.05. The van der Waals surface area contributed by atoms with Gasteiger partial charge >= 0.3 is 0 Å². The molecule has 0 saturated heterocycles. The normalized spacial score (nSPS) is 10.2. The van der Waals surface area contributed by atoms with Crippen molar-refractivity contribution in [2.45, 2.75) is 6.92 Å². The maximum atomic E-state index is 5.57. The van der Waals surface area contributed by atoms with Crippen molar-refractivity contribution in [3.63, 3.8) is 0 Å². The van der Waals surface area contributed by atoms with E-state index in [1.165, 1.54) is 0 Å². The quantitative estimate of drug-likeness (QED) is 0.599. The average Bonchev–Trinajstić information content (AvgIpc) is 2.58. The van der Waals surface area contributed by atoms with Crippen LogP contribution in [0.4, 0.5) is 5.82 Å². The number of rotatable bonds is 3. The van der Waals surface area contributed by atoms with Crippen molar-refractivity contribution >= 4 is 5.82 Å². The Morgan fingerprint density at radius 2 is 2.25 bits per heavy atom. The summed E-state index contributed by atoms with van der Waals surface area (Å²) < 4.78 is 7.22. The lowest BCUT2D eigenvalue weighted by molar-refractivity contribution is 0.416. The standard InChI is InChI=1S/C10H13N5O/c1-7-6-10(15(2)14-7)16-9-5-3-4-8(12-9)13-11/h3-6H,11H2,1-2H3,(H,12,13). The molecule has 0 aliphatic rings. The molecule has 0 atom stereocenters. The molecule has 0 bridgehead atoms. The van der Waals surface area contributed by atoms with E-state index in [4.69, 9.17) is 10.6 Å². The second-order valence-corrected chi connectivity index (χ2v) is 3.36. The molecule has 6 heteroatoms. The number of aromatic nitrogens is 3. The largest absolute Gasteiger partial charge is 0.421 e. The predicted octanol–water partition coefficient (Wildman–Crippen LogP) is 1.20. The highest BCUT2D eigenvalue weighted by Crippen LogP contribution is 2.20. The van der Waals surface area contributed by atoms with Gasteiger partial charge in [0, 0.05) is 19.2 Å². The number of nitrogens with one attached hydrogen (secondary N) is 1. The number of nitrogens with two attached hydrogens (primary N) is 1. The molecule has 0 fully saturated rings. The van der Waals surface area contributed by atoms with E-state index in [0.717, 1.165) is 5.69 Å². The Morgan fingerprint density at radius 1 is 1.44 bits per heavy atom. The van der Waals surface area contributed by atoms with Gasteiger partial charge in [-0.25, -0.2) is 10.5 Å². The number of pyridine rings is 1. The molecule has 0 aliphatic carbocycles. The monoisotopic (exact) mass is 219 g/mol. The molecule has 0 radical (unpaired) electrons. The lowest BCUT2D eigenvalue weighted by atomic mass is 10.4. The van der Waals surface area contributed by atoms with Crippen LogP contribution in [-0.4, -0.2) is 14.8 Å². The van der Waals surface area contributed by atoms with Crippen LogP contribution in [-0.2, 0) is 7.05 Å². The van der Waals surface area contributed by atoms with E-state index < -0.39 is 0 Å². The number of nitrogen functional groups attached to an aromatic ring is 1. The highest BCUT2D eigenvalue weighted by molar-refractivity contribution is 5.36. The third-order valence-corrected chi connectivity index (χ3v) is 2.04. The molecule has 0 aliphatic heterocycles. The lowest BCUT2D eigenvalue weighted by Crippen LogP contribution is -2.08. The summed E-state index contributed by atoms with van der Waals surface area (Å²) in [5.41, 5.74) is 3.35. The molecular weight excluding hydrogens is 206 g/mol. The molecule has 0 amide bonds.